The van der Waals surface area contributed by atoms with Crippen molar-refractivity contribution in [3.8, 4) is 5.69 Å². The minimum Gasteiger partial charge on any atom is -0.347 e. The summed E-state index contributed by atoms with van der Waals surface area (Å²) in [6, 6.07) is 17.2. The summed E-state index contributed by atoms with van der Waals surface area (Å²) >= 11 is 0. The number of carbonyl (C=O) groups is 1. The van der Waals surface area contributed by atoms with E-state index in [1.165, 1.54) is 12.1 Å². The van der Waals surface area contributed by atoms with E-state index >= 15 is 0 Å². The number of rotatable bonds is 7. The van der Waals surface area contributed by atoms with Gasteiger partial charge in [0.25, 0.3) is 0 Å². The number of alkyl halides is 3. The van der Waals surface area contributed by atoms with Crippen LogP contribution in [-0.4, -0.2) is 28.5 Å². The van der Waals surface area contributed by atoms with Gasteiger partial charge in [-0.25, -0.2) is 0 Å². The quantitative estimate of drug-likeness (QED) is 0.438. The third-order valence-electron chi connectivity index (χ3n) is 6.78. The molecule has 0 spiro atoms. The largest absolute Gasteiger partial charge is 0.416 e. The Morgan fingerprint density at radius 2 is 1.60 bits per heavy atom. The van der Waals surface area contributed by atoms with Crippen molar-refractivity contribution in [2.24, 2.45) is 5.92 Å². The van der Waals surface area contributed by atoms with Gasteiger partial charge in [-0.15, -0.1) is 0 Å². The zero-order chi connectivity index (χ0) is 25.1. The normalized spacial score (nSPS) is 15.8. The number of benzene rings is 2. The number of piperidine rings is 1. The van der Waals surface area contributed by atoms with Crippen molar-refractivity contribution in [2.45, 2.75) is 51.4 Å². The van der Waals surface area contributed by atoms with Gasteiger partial charge < -0.3 is 9.88 Å². The number of nitrogens with one attached hydrogen (secondary N) is 1. The van der Waals surface area contributed by atoms with Crippen molar-refractivity contribution in [3.05, 3.63) is 89.7 Å². The maximum Gasteiger partial charge on any atom is 0.416 e. The van der Waals surface area contributed by atoms with Crippen LogP contribution in [0.2, 0.25) is 0 Å². The second-order valence-electron chi connectivity index (χ2n) is 9.93. The second-order valence-corrected chi connectivity index (χ2v) is 9.93. The molecule has 0 unspecified atom stereocenters. The number of likely N-dealkylation sites (tertiary alicyclic amines) is 1. The van der Waals surface area contributed by atoms with Crippen molar-refractivity contribution in [1.29, 1.82) is 0 Å². The zero-order valence-electron chi connectivity index (χ0n) is 20.2. The summed E-state index contributed by atoms with van der Waals surface area (Å²) in [7, 11) is 0. The van der Waals surface area contributed by atoms with Crippen molar-refractivity contribution in [3.63, 3.8) is 0 Å². The molecule has 4 rings (SSSR count). The van der Waals surface area contributed by atoms with E-state index in [0.29, 0.717) is 18.0 Å². The molecule has 1 amide bonds. The van der Waals surface area contributed by atoms with E-state index < -0.39 is 17.3 Å². The van der Waals surface area contributed by atoms with Gasteiger partial charge in [0.05, 0.1) is 11.1 Å². The van der Waals surface area contributed by atoms with Crippen LogP contribution in [0.15, 0.2) is 73.1 Å². The molecular weight excluding hydrogens is 451 g/mol. The smallest absolute Gasteiger partial charge is 0.347 e. The van der Waals surface area contributed by atoms with Crippen molar-refractivity contribution < 1.29 is 18.0 Å². The first-order chi connectivity index (χ1) is 16.6. The van der Waals surface area contributed by atoms with Crippen LogP contribution >= 0.6 is 0 Å². The number of hydrogen-bond donors (Lipinski definition) is 1. The van der Waals surface area contributed by atoms with Gasteiger partial charge in [0.1, 0.15) is 0 Å². The zero-order valence-corrected chi connectivity index (χ0v) is 20.2. The van der Waals surface area contributed by atoms with Crippen molar-refractivity contribution >= 4 is 5.91 Å². The Morgan fingerprint density at radius 3 is 2.23 bits per heavy atom. The molecule has 1 saturated heterocycles. The Labute approximate surface area is 204 Å². The Morgan fingerprint density at radius 1 is 0.943 bits per heavy atom. The number of halogens is 3. The predicted molar refractivity (Wildman–Crippen MR) is 131 cm³/mol. The van der Waals surface area contributed by atoms with Gasteiger partial charge in [-0.1, -0.05) is 30.3 Å². The highest BCUT2D eigenvalue weighted by molar-refractivity contribution is 5.77. The fourth-order valence-corrected chi connectivity index (χ4v) is 4.71. The molecule has 1 N–H and O–H groups in total. The fourth-order valence-electron chi connectivity index (χ4n) is 4.71. The Balaban J connectivity index is 1.25. The van der Waals surface area contributed by atoms with Crippen molar-refractivity contribution in [2.75, 3.05) is 13.1 Å². The molecule has 3 aromatic rings. The number of carbonyl (C=O) groups excluding carboxylic acids is 1. The molecule has 1 fully saturated rings. The van der Waals surface area contributed by atoms with Crippen LogP contribution in [0.1, 0.15) is 49.8 Å². The summed E-state index contributed by atoms with van der Waals surface area (Å²) in [6.45, 7) is 6.68. The molecule has 0 bridgehead atoms. The number of aromatic nitrogens is 1. The number of nitrogens with zero attached hydrogens (tertiary/aromatic N) is 2. The molecule has 0 atom stereocenters. The molecule has 0 radical (unpaired) electrons. The van der Waals surface area contributed by atoms with Crippen LogP contribution in [-0.2, 0) is 23.1 Å². The Kier molecular flexibility index (Phi) is 7.36. The summed E-state index contributed by atoms with van der Waals surface area (Å²) in [5.74, 6) is 0.459. The molecule has 7 heteroatoms. The van der Waals surface area contributed by atoms with E-state index in [0.717, 1.165) is 55.7 Å². The molecule has 1 aliphatic rings. The average molecular weight is 484 g/mol. The molecule has 4 nitrogen and oxygen atoms in total. The van der Waals surface area contributed by atoms with Crippen LogP contribution < -0.4 is 5.32 Å². The average Bonchev–Trinajstić information content (AvgIpc) is 3.28. The lowest BCUT2D eigenvalue weighted by Gasteiger charge is -2.33. The first kappa shape index (κ1) is 25.0. The van der Waals surface area contributed by atoms with Gasteiger partial charge in [0.2, 0.25) is 5.91 Å². The summed E-state index contributed by atoms with van der Waals surface area (Å²) in [6.07, 6.45) is 1.99. The summed E-state index contributed by atoms with van der Waals surface area (Å²) in [5, 5.41) is 3.18. The molecule has 1 aliphatic heterocycles. The van der Waals surface area contributed by atoms with Gasteiger partial charge in [-0.3, -0.25) is 9.69 Å². The third-order valence-corrected chi connectivity index (χ3v) is 6.78. The highest BCUT2D eigenvalue weighted by Crippen LogP contribution is 2.30. The van der Waals surface area contributed by atoms with Crippen LogP contribution in [0.4, 0.5) is 13.2 Å². The topological polar surface area (TPSA) is 37.3 Å². The van der Waals surface area contributed by atoms with E-state index in [1.807, 2.05) is 67.2 Å². The van der Waals surface area contributed by atoms with Gasteiger partial charge in [-0.05, 0) is 87.2 Å². The van der Waals surface area contributed by atoms with E-state index in [9.17, 15) is 18.0 Å². The summed E-state index contributed by atoms with van der Waals surface area (Å²) in [4.78, 5) is 15.1. The highest BCUT2D eigenvalue weighted by Gasteiger charge is 2.30. The Bertz CT molecular complexity index is 1110. The van der Waals surface area contributed by atoms with E-state index in [2.05, 4.69) is 10.2 Å². The second kappa shape index (κ2) is 10.3. The maximum atomic E-state index is 12.8. The molecule has 2 heterocycles. The van der Waals surface area contributed by atoms with E-state index in [-0.39, 0.29) is 5.91 Å². The Hall–Kier alpha value is -3.06. The number of hydrogen-bond acceptors (Lipinski definition) is 2. The van der Waals surface area contributed by atoms with Gasteiger partial charge in [-0.2, -0.15) is 13.2 Å². The molecule has 35 heavy (non-hydrogen) atoms. The van der Waals surface area contributed by atoms with Gasteiger partial charge in [0, 0.05) is 31.0 Å². The lowest BCUT2D eigenvalue weighted by atomic mass is 9.91. The maximum absolute atomic E-state index is 12.8. The predicted octanol–water partition coefficient (Wildman–Crippen LogP) is 6.15. The van der Waals surface area contributed by atoms with Crippen LogP contribution in [0.25, 0.3) is 5.69 Å². The molecule has 0 saturated carbocycles. The van der Waals surface area contributed by atoms with Gasteiger partial charge >= 0.3 is 6.18 Å². The lowest BCUT2D eigenvalue weighted by Crippen LogP contribution is -2.42. The standard InChI is InChI=1S/C28H32F3N3O/c1-27(2,23-6-4-3-5-7-23)32-26(35)18-21-12-15-33(16-13-21)19-22-14-17-34(20-22)25-10-8-24(9-11-25)28(29,30)31/h3-11,14,17,20-21H,12-13,15-16,18-19H2,1-2H3,(H,32,35). The fraction of sp³-hybridized carbons (Fsp3) is 0.393. The van der Waals surface area contributed by atoms with Gasteiger partial charge in [0.15, 0.2) is 0 Å². The molecule has 186 valence electrons. The molecule has 1 aromatic heterocycles. The molecule has 0 aliphatic carbocycles. The van der Waals surface area contributed by atoms with Crippen LogP contribution in [0, 0.1) is 5.92 Å². The molecular formula is C28H32F3N3O. The van der Waals surface area contributed by atoms with Crippen LogP contribution in [0.3, 0.4) is 0 Å². The SMILES string of the molecule is CC(C)(NC(=O)CC1CCN(Cc2ccn(-c3ccc(C(F)(F)F)cc3)c2)CC1)c1ccccc1. The van der Waals surface area contributed by atoms with E-state index in [1.54, 1.807) is 0 Å². The monoisotopic (exact) mass is 483 g/mol. The minimum atomic E-state index is -4.33. The third kappa shape index (κ3) is 6.54. The molecule has 2 aromatic carbocycles. The van der Waals surface area contributed by atoms with Crippen LogP contribution in [0.5, 0.6) is 0 Å². The summed E-state index contributed by atoms with van der Waals surface area (Å²) in [5.41, 5.74) is 1.86. The highest BCUT2D eigenvalue weighted by atomic mass is 19.4. The first-order valence-electron chi connectivity index (χ1n) is 12.0. The first-order valence-corrected chi connectivity index (χ1v) is 12.0. The van der Waals surface area contributed by atoms with E-state index in [4.69, 9.17) is 0 Å². The summed E-state index contributed by atoms with van der Waals surface area (Å²) < 4.78 is 40.2. The lowest BCUT2D eigenvalue weighted by molar-refractivity contribution is -0.137. The minimum absolute atomic E-state index is 0.0888. The van der Waals surface area contributed by atoms with Crippen molar-refractivity contribution in [1.82, 2.24) is 14.8 Å². The number of amides is 1.